The zero-order valence-electron chi connectivity index (χ0n) is 21.1. The van der Waals surface area contributed by atoms with E-state index in [-0.39, 0.29) is 17.9 Å². The third-order valence-corrected chi connectivity index (χ3v) is 7.90. The van der Waals surface area contributed by atoms with Crippen LogP contribution in [0.3, 0.4) is 0 Å². The monoisotopic (exact) mass is 522 g/mol. The fourth-order valence-electron chi connectivity index (χ4n) is 4.54. The second-order valence-electron chi connectivity index (χ2n) is 10.2. The number of fused-ring (bicyclic) bond motifs is 1. The minimum absolute atomic E-state index is 0.128. The normalized spacial score (nSPS) is 15.3. The highest BCUT2D eigenvalue weighted by Gasteiger charge is 2.28. The molecule has 3 aromatic heterocycles. The molecular weight excluding hydrogens is 492 g/mol. The van der Waals surface area contributed by atoms with E-state index in [2.05, 4.69) is 15.1 Å². The minimum Gasteiger partial charge on any atom is -0.444 e. The fourth-order valence-corrected chi connectivity index (χ4v) is 5.94. The molecule has 10 nitrogen and oxygen atoms in total. The Morgan fingerprint density at radius 1 is 1.08 bits per heavy atom. The summed E-state index contributed by atoms with van der Waals surface area (Å²) in [5.74, 6) is -0.128. The molecule has 11 heteroatoms. The summed E-state index contributed by atoms with van der Waals surface area (Å²) in [5, 5.41) is 5.20. The van der Waals surface area contributed by atoms with Gasteiger partial charge in [-0.25, -0.2) is 27.2 Å². The lowest BCUT2D eigenvalue weighted by atomic mass is 10.1. The molecule has 0 atom stereocenters. The number of carbonyl (C=O) groups is 1. The van der Waals surface area contributed by atoms with Crippen molar-refractivity contribution in [1.82, 2.24) is 28.6 Å². The van der Waals surface area contributed by atoms with Crippen LogP contribution < -0.4 is 0 Å². The van der Waals surface area contributed by atoms with Gasteiger partial charge in [0, 0.05) is 36.4 Å². The van der Waals surface area contributed by atoms with Crippen molar-refractivity contribution in [2.75, 3.05) is 13.1 Å². The molecule has 1 amide bonds. The maximum Gasteiger partial charge on any atom is 0.410 e. The summed E-state index contributed by atoms with van der Waals surface area (Å²) in [7, 11) is -3.67. The number of likely N-dealkylation sites (tertiary alicyclic amines) is 1. The zero-order chi connectivity index (χ0) is 26.2. The average molecular weight is 523 g/mol. The Kier molecular flexibility index (Phi) is 6.49. The number of amides is 1. The van der Waals surface area contributed by atoms with Gasteiger partial charge in [-0.15, -0.1) is 0 Å². The first-order chi connectivity index (χ1) is 17.6. The van der Waals surface area contributed by atoms with Gasteiger partial charge in [0.05, 0.1) is 23.7 Å². The molecule has 0 spiro atoms. The molecule has 4 aromatic rings. The van der Waals surface area contributed by atoms with Gasteiger partial charge in [-0.05, 0) is 45.2 Å². The summed E-state index contributed by atoms with van der Waals surface area (Å²) in [6, 6.07) is 10.9. The molecule has 0 radical (unpaired) electrons. The van der Waals surface area contributed by atoms with Crippen LogP contribution in [0, 0.1) is 0 Å². The van der Waals surface area contributed by atoms with Gasteiger partial charge in [-0.2, -0.15) is 5.10 Å². The van der Waals surface area contributed by atoms with Gasteiger partial charge in [-0.1, -0.05) is 30.3 Å². The number of ether oxygens (including phenoxy) is 1. The molecular formula is C26H30N6O4S. The molecule has 1 fully saturated rings. The van der Waals surface area contributed by atoms with Crippen LogP contribution in [0.5, 0.6) is 0 Å². The van der Waals surface area contributed by atoms with Gasteiger partial charge in [0.1, 0.15) is 11.9 Å². The van der Waals surface area contributed by atoms with E-state index in [0.717, 1.165) is 18.4 Å². The van der Waals surface area contributed by atoms with Gasteiger partial charge < -0.3 is 9.64 Å². The summed E-state index contributed by atoms with van der Waals surface area (Å²) in [6.45, 7) is 6.77. The third-order valence-electron chi connectivity index (χ3n) is 6.31. The summed E-state index contributed by atoms with van der Waals surface area (Å²) in [5.41, 5.74) is 1.92. The quantitative estimate of drug-likeness (QED) is 0.385. The second-order valence-corrected chi connectivity index (χ2v) is 12.1. The smallest absolute Gasteiger partial charge is 0.410 e. The van der Waals surface area contributed by atoms with Crippen molar-refractivity contribution < 1.29 is 17.9 Å². The second kappa shape index (κ2) is 9.62. The van der Waals surface area contributed by atoms with E-state index in [4.69, 9.17) is 4.74 Å². The standard InChI is InChI=1S/C26H30N6O4S/c1-26(2,3)36-25(33)30-12-9-21(10-13-30)31-16-20(15-29-31)23-22-11-14-32(24(22)28-18-27-23)37(34,35)17-19-7-5-4-6-8-19/h4-8,11,14-16,18,21H,9-10,12-13,17H2,1-3H3. The van der Waals surface area contributed by atoms with Crippen molar-refractivity contribution in [3.63, 3.8) is 0 Å². The van der Waals surface area contributed by atoms with Crippen LogP contribution in [-0.4, -0.2) is 61.8 Å². The predicted molar refractivity (Wildman–Crippen MR) is 139 cm³/mol. The third kappa shape index (κ3) is 5.36. The van der Waals surface area contributed by atoms with Gasteiger partial charge in [0.25, 0.3) is 0 Å². The minimum atomic E-state index is -3.67. The molecule has 37 heavy (non-hydrogen) atoms. The molecule has 1 saturated heterocycles. The Labute approximate surface area is 215 Å². The number of hydrogen-bond donors (Lipinski definition) is 0. The first-order valence-electron chi connectivity index (χ1n) is 12.2. The molecule has 0 bridgehead atoms. The average Bonchev–Trinajstić information content (AvgIpc) is 3.51. The van der Waals surface area contributed by atoms with Crippen LogP contribution in [0.4, 0.5) is 4.79 Å². The molecule has 0 saturated carbocycles. The van der Waals surface area contributed by atoms with Crippen LogP contribution in [0.2, 0.25) is 0 Å². The van der Waals surface area contributed by atoms with Crippen LogP contribution in [0.25, 0.3) is 22.3 Å². The molecule has 0 unspecified atom stereocenters. The maximum absolute atomic E-state index is 13.1. The Morgan fingerprint density at radius 2 is 1.81 bits per heavy atom. The molecule has 1 aromatic carbocycles. The van der Waals surface area contributed by atoms with Crippen LogP contribution in [0.15, 0.2) is 61.3 Å². The lowest BCUT2D eigenvalue weighted by Crippen LogP contribution is -2.42. The topological polar surface area (TPSA) is 112 Å². The van der Waals surface area contributed by atoms with E-state index in [1.165, 1.54) is 16.5 Å². The van der Waals surface area contributed by atoms with Crippen molar-refractivity contribution in [2.24, 2.45) is 0 Å². The van der Waals surface area contributed by atoms with E-state index < -0.39 is 15.6 Å². The highest BCUT2D eigenvalue weighted by atomic mass is 32.2. The van der Waals surface area contributed by atoms with E-state index in [1.54, 1.807) is 29.3 Å². The van der Waals surface area contributed by atoms with Gasteiger partial charge in [0.15, 0.2) is 5.65 Å². The summed E-state index contributed by atoms with van der Waals surface area (Å²) >= 11 is 0. The molecule has 4 heterocycles. The van der Waals surface area contributed by atoms with Crippen molar-refractivity contribution in [2.45, 2.75) is 51.0 Å². The maximum atomic E-state index is 13.1. The van der Waals surface area contributed by atoms with Crippen molar-refractivity contribution in [1.29, 1.82) is 0 Å². The van der Waals surface area contributed by atoms with Crippen LogP contribution in [-0.2, 0) is 20.5 Å². The van der Waals surface area contributed by atoms with E-state index in [1.807, 2.05) is 49.8 Å². The first-order valence-corrected chi connectivity index (χ1v) is 13.8. The molecule has 1 aliphatic rings. The number of carbonyl (C=O) groups excluding carboxylic acids is 1. The summed E-state index contributed by atoms with van der Waals surface area (Å²) in [6.07, 6.45) is 7.79. The number of nitrogens with zero attached hydrogens (tertiary/aromatic N) is 6. The number of aromatic nitrogens is 5. The first kappa shape index (κ1) is 24.9. The Morgan fingerprint density at radius 3 is 2.51 bits per heavy atom. The predicted octanol–water partition coefficient (Wildman–Crippen LogP) is 4.24. The molecule has 5 rings (SSSR count). The van der Waals surface area contributed by atoms with Crippen molar-refractivity contribution >= 4 is 27.1 Å². The van der Waals surface area contributed by atoms with Crippen LogP contribution >= 0.6 is 0 Å². The van der Waals surface area contributed by atoms with E-state index >= 15 is 0 Å². The zero-order valence-corrected chi connectivity index (χ0v) is 21.9. The van der Waals surface area contributed by atoms with Crippen molar-refractivity contribution in [3.05, 3.63) is 66.9 Å². The van der Waals surface area contributed by atoms with Gasteiger partial charge in [-0.3, -0.25) is 4.68 Å². The summed E-state index contributed by atoms with van der Waals surface area (Å²) < 4.78 is 34.9. The number of benzene rings is 1. The molecule has 1 aliphatic heterocycles. The van der Waals surface area contributed by atoms with E-state index in [9.17, 15) is 13.2 Å². The number of rotatable bonds is 5. The lowest BCUT2D eigenvalue weighted by Gasteiger charge is -2.33. The highest BCUT2D eigenvalue weighted by molar-refractivity contribution is 7.89. The molecule has 0 N–H and O–H groups in total. The Balaban J connectivity index is 1.34. The molecule has 194 valence electrons. The fraction of sp³-hybridized carbons (Fsp3) is 0.385. The lowest BCUT2D eigenvalue weighted by molar-refractivity contribution is 0.0185. The Bertz CT molecular complexity index is 1510. The van der Waals surface area contributed by atoms with Crippen LogP contribution in [0.1, 0.15) is 45.2 Å². The summed E-state index contributed by atoms with van der Waals surface area (Å²) in [4.78, 5) is 22.8. The van der Waals surface area contributed by atoms with E-state index in [0.29, 0.717) is 35.4 Å². The SMILES string of the molecule is CC(C)(C)OC(=O)N1CCC(n2cc(-c3ncnc4c3ccn4S(=O)(=O)Cc3ccccc3)cn2)CC1. The van der Waals surface area contributed by atoms with Crippen molar-refractivity contribution in [3.8, 4) is 11.3 Å². The Hall–Kier alpha value is -3.73. The molecule has 0 aliphatic carbocycles. The van der Waals surface area contributed by atoms with Gasteiger partial charge >= 0.3 is 6.09 Å². The highest BCUT2D eigenvalue weighted by Crippen LogP contribution is 2.30. The number of hydrogen-bond acceptors (Lipinski definition) is 7. The van der Waals surface area contributed by atoms with Gasteiger partial charge in [0.2, 0.25) is 10.0 Å². The number of piperidine rings is 1. The largest absolute Gasteiger partial charge is 0.444 e.